The highest BCUT2D eigenvalue weighted by Gasteiger charge is 2.07. The third-order valence-electron chi connectivity index (χ3n) is 2.69. The predicted octanol–water partition coefficient (Wildman–Crippen LogP) is 4.44. The molecular formula is C15H10Cl2I2N2O3. The van der Waals surface area contributed by atoms with E-state index in [9.17, 15) is 9.90 Å². The Morgan fingerprint density at radius 3 is 2.58 bits per heavy atom. The molecule has 0 fully saturated rings. The molecule has 0 aliphatic rings. The summed E-state index contributed by atoms with van der Waals surface area (Å²) >= 11 is 15.8. The van der Waals surface area contributed by atoms with Gasteiger partial charge in [-0.05, 0) is 75.0 Å². The third-order valence-corrected chi connectivity index (χ3v) is 4.89. The molecule has 0 bridgehead atoms. The SMILES string of the molecule is O=C(COc1cc(Cl)ccc1Cl)NN=Cc1cc(I)c(O)c(I)c1. The summed E-state index contributed by atoms with van der Waals surface area (Å²) < 4.78 is 6.70. The summed E-state index contributed by atoms with van der Waals surface area (Å²) in [5.74, 6) is 0.112. The molecular weight excluding hydrogens is 581 g/mol. The van der Waals surface area contributed by atoms with E-state index in [1.807, 2.05) is 45.2 Å². The van der Waals surface area contributed by atoms with Crippen LogP contribution in [-0.2, 0) is 4.79 Å². The number of phenolic OH excluding ortho intramolecular Hbond substituents is 1. The fraction of sp³-hybridized carbons (Fsp3) is 0.0667. The maximum absolute atomic E-state index is 11.7. The van der Waals surface area contributed by atoms with Gasteiger partial charge in [-0.3, -0.25) is 4.79 Å². The fourth-order valence-electron chi connectivity index (χ4n) is 1.60. The van der Waals surface area contributed by atoms with E-state index in [0.717, 1.165) is 5.56 Å². The number of hydrazone groups is 1. The zero-order chi connectivity index (χ0) is 17.7. The maximum atomic E-state index is 11.7. The lowest BCUT2D eigenvalue weighted by Crippen LogP contribution is -2.24. The number of amides is 1. The number of carbonyl (C=O) groups is 1. The number of nitrogens with zero attached hydrogens (tertiary/aromatic N) is 1. The van der Waals surface area contributed by atoms with Crippen LogP contribution in [0.1, 0.15) is 5.56 Å². The van der Waals surface area contributed by atoms with Gasteiger partial charge in [0.2, 0.25) is 0 Å². The van der Waals surface area contributed by atoms with Gasteiger partial charge in [-0.2, -0.15) is 5.10 Å². The summed E-state index contributed by atoms with van der Waals surface area (Å²) in [6.45, 7) is -0.248. The first-order valence-electron chi connectivity index (χ1n) is 6.44. The number of halogens is 4. The Balaban J connectivity index is 1.90. The number of aromatic hydroxyl groups is 1. The second kappa shape index (κ2) is 9.07. The van der Waals surface area contributed by atoms with Gasteiger partial charge in [0, 0.05) is 11.1 Å². The highest BCUT2D eigenvalue weighted by atomic mass is 127. The Bertz CT molecular complexity index is 777. The van der Waals surface area contributed by atoms with Gasteiger partial charge in [0.05, 0.1) is 18.4 Å². The van der Waals surface area contributed by atoms with E-state index in [-0.39, 0.29) is 12.4 Å². The molecule has 9 heteroatoms. The van der Waals surface area contributed by atoms with Crippen LogP contribution in [0.2, 0.25) is 10.0 Å². The molecule has 2 aromatic rings. The summed E-state index contributed by atoms with van der Waals surface area (Å²) in [5.41, 5.74) is 3.10. The number of rotatable bonds is 5. The van der Waals surface area contributed by atoms with Crippen molar-refractivity contribution in [3.05, 3.63) is 53.1 Å². The highest BCUT2D eigenvalue weighted by molar-refractivity contribution is 14.1. The molecule has 126 valence electrons. The maximum Gasteiger partial charge on any atom is 0.277 e. The lowest BCUT2D eigenvalue weighted by Gasteiger charge is -2.07. The molecule has 0 saturated heterocycles. The first-order valence-corrected chi connectivity index (χ1v) is 9.36. The lowest BCUT2D eigenvalue weighted by molar-refractivity contribution is -0.123. The quantitative estimate of drug-likeness (QED) is 0.307. The van der Waals surface area contributed by atoms with E-state index in [0.29, 0.717) is 22.9 Å². The topological polar surface area (TPSA) is 70.9 Å². The van der Waals surface area contributed by atoms with Crippen molar-refractivity contribution >= 4 is 80.5 Å². The lowest BCUT2D eigenvalue weighted by atomic mass is 10.2. The van der Waals surface area contributed by atoms with Crippen molar-refractivity contribution in [2.24, 2.45) is 5.10 Å². The molecule has 2 rings (SSSR count). The number of carbonyl (C=O) groups excluding carboxylic acids is 1. The van der Waals surface area contributed by atoms with Gasteiger partial charge < -0.3 is 9.84 Å². The average Bonchev–Trinajstić information content (AvgIpc) is 2.53. The molecule has 2 aromatic carbocycles. The summed E-state index contributed by atoms with van der Waals surface area (Å²) in [4.78, 5) is 11.7. The monoisotopic (exact) mass is 590 g/mol. The van der Waals surface area contributed by atoms with Crippen LogP contribution < -0.4 is 10.2 Å². The van der Waals surface area contributed by atoms with E-state index in [1.165, 1.54) is 12.3 Å². The zero-order valence-electron chi connectivity index (χ0n) is 11.9. The molecule has 24 heavy (non-hydrogen) atoms. The van der Waals surface area contributed by atoms with Crippen LogP contribution in [0.15, 0.2) is 35.4 Å². The molecule has 0 spiro atoms. The first kappa shape index (κ1) is 19.5. The minimum Gasteiger partial charge on any atom is -0.506 e. The van der Waals surface area contributed by atoms with Crippen LogP contribution in [0.5, 0.6) is 11.5 Å². The number of hydrogen-bond donors (Lipinski definition) is 2. The standard InChI is InChI=1S/C15H10Cl2I2N2O3/c16-9-1-2-10(17)13(5-9)24-7-14(22)21-20-6-8-3-11(18)15(23)12(19)4-8/h1-6,23H,7H2,(H,21,22). The second-order valence-corrected chi connectivity index (χ2v) is 7.66. The largest absolute Gasteiger partial charge is 0.506 e. The number of benzene rings is 2. The zero-order valence-corrected chi connectivity index (χ0v) is 17.7. The van der Waals surface area contributed by atoms with Crippen molar-refractivity contribution in [3.63, 3.8) is 0 Å². The van der Waals surface area contributed by atoms with Crippen LogP contribution in [0.25, 0.3) is 0 Å². The number of nitrogens with one attached hydrogen (secondary N) is 1. The Morgan fingerprint density at radius 1 is 1.25 bits per heavy atom. The summed E-state index contributed by atoms with van der Waals surface area (Å²) in [6.07, 6.45) is 1.48. The van der Waals surface area contributed by atoms with Crippen LogP contribution >= 0.6 is 68.4 Å². The molecule has 0 radical (unpaired) electrons. The molecule has 0 saturated carbocycles. The molecule has 0 atom stereocenters. The van der Waals surface area contributed by atoms with Crippen LogP contribution in [-0.4, -0.2) is 23.8 Å². The average molecular weight is 591 g/mol. The molecule has 0 unspecified atom stereocenters. The third kappa shape index (κ3) is 5.64. The van der Waals surface area contributed by atoms with Gasteiger partial charge in [-0.15, -0.1) is 0 Å². The minimum absolute atomic E-state index is 0.226. The molecule has 2 N–H and O–H groups in total. The number of phenols is 1. The van der Waals surface area contributed by atoms with E-state index >= 15 is 0 Å². The van der Waals surface area contributed by atoms with Gasteiger partial charge in [0.15, 0.2) is 6.61 Å². The first-order chi connectivity index (χ1) is 11.4. The van der Waals surface area contributed by atoms with E-state index in [4.69, 9.17) is 27.9 Å². The Hall–Kier alpha value is -0.780. The summed E-state index contributed by atoms with van der Waals surface area (Å²) in [6, 6.07) is 8.23. The second-order valence-electron chi connectivity index (χ2n) is 4.49. The molecule has 0 aliphatic heterocycles. The molecule has 0 aromatic heterocycles. The molecule has 1 amide bonds. The normalized spacial score (nSPS) is 10.8. The van der Waals surface area contributed by atoms with Gasteiger partial charge in [-0.25, -0.2) is 5.43 Å². The van der Waals surface area contributed by atoms with E-state index in [1.54, 1.807) is 24.3 Å². The Morgan fingerprint density at radius 2 is 1.92 bits per heavy atom. The van der Waals surface area contributed by atoms with Crippen LogP contribution in [0.4, 0.5) is 0 Å². The Labute approximate surface area is 175 Å². The van der Waals surface area contributed by atoms with Gasteiger partial charge >= 0.3 is 0 Å². The van der Waals surface area contributed by atoms with Crippen molar-refractivity contribution in [2.75, 3.05) is 6.61 Å². The van der Waals surface area contributed by atoms with Gasteiger partial charge in [-0.1, -0.05) is 23.2 Å². The highest BCUT2D eigenvalue weighted by Crippen LogP contribution is 2.28. The summed E-state index contributed by atoms with van der Waals surface area (Å²) in [7, 11) is 0. The Kier molecular flexibility index (Phi) is 7.38. The minimum atomic E-state index is -0.439. The van der Waals surface area contributed by atoms with Crippen molar-refractivity contribution in [1.82, 2.24) is 5.43 Å². The van der Waals surface area contributed by atoms with Crippen molar-refractivity contribution in [3.8, 4) is 11.5 Å². The molecule has 0 aliphatic carbocycles. The number of ether oxygens (including phenoxy) is 1. The van der Waals surface area contributed by atoms with Gasteiger partial charge in [0.25, 0.3) is 5.91 Å². The van der Waals surface area contributed by atoms with Gasteiger partial charge in [0.1, 0.15) is 11.5 Å². The van der Waals surface area contributed by atoms with Crippen LogP contribution in [0.3, 0.4) is 0 Å². The molecule has 5 nitrogen and oxygen atoms in total. The number of hydrogen-bond acceptors (Lipinski definition) is 4. The molecule has 0 heterocycles. The van der Waals surface area contributed by atoms with Crippen LogP contribution in [0, 0.1) is 7.14 Å². The summed E-state index contributed by atoms with van der Waals surface area (Å²) in [5, 5.41) is 14.4. The predicted molar refractivity (Wildman–Crippen MR) is 111 cm³/mol. The van der Waals surface area contributed by atoms with Crippen molar-refractivity contribution in [1.29, 1.82) is 0 Å². The van der Waals surface area contributed by atoms with Crippen molar-refractivity contribution in [2.45, 2.75) is 0 Å². The smallest absolute Gasteiger partial charge is 0.277 e. The van der Waals surface area contributed by atoms with E-state index < -0.39 is 5.91 Å². The fourth-order valence-corrected chi connectivity index (χ4v) is 3.75. The van der Waals surface area contributed by atoms with E-state index in [2.05, 4.69) is 10.5 Å². The van der Waals surface area contributed by atoms with Crippen molar-refractivity contribution < 1.29 is 14.6 Å².